The molecule has 0 radical (unpaired) electrons. The third-order valence-electron chi connectivity index (χ3n) is 3.25. The van der Waals surface area contributed by atoms with E-state index in [0.717, 1.165) is 13.1 Å². The molecule has 0 aliphatic rings. The van der Waals surface area contributed by atoms with Crippen molar-refractivity contribution in [2.75, 3.05) is 7.05 Å². The normalized spacial score (nSPS) is 12.6. The first-order valence-electron chi connectivity index (χ1n) is 6.72. The topological polar surface area (TPSA) is 29.3 Å². The predicted molar refractivity (Wildman–Crippen MR) is 80.7 cm³/mol. The van der Waals surface area contributed by atoms with E-state index in [2.05, 4.69) is 66.5 Å². The van der Waals surface area contributed by atoms with Gasteiger partial charge in [-0.3, -0.25) is 4.90 Å². The summed E-state index contributed by atoms with van der Waals surface area (Å²) in [4.78, 5) is 2.32. The minimum atomic E-state index is 0.107. The van der Waals surface area contributed by atoms with Crippen LogP contribution in [0.15, 0.2) is 54.6 Å². The standard InChI is InChI=1S/C17H22N2/c1-14(18)17-10-8-16(9-11-17)13-19(2)12-15-6-4-3-5-7-15/h3-11,14H,12-13,18H2,1-2H3. The second-order valence-corrected chi connectivity index (χ2v) is 5.19. The third kappa shape index (κ3) is 4.19. The first-order chi connectivity index (χ1) is 9.15. The Kier molecular flexibility index (Phi) is 4.72. The fourth-order valence-corrected chi connectivity index (χ4v) is 2.19. The van der Waals surface area contributed by atoms with E-state index in [-0.39, 0.29) is 6.04 Å². The Morgan fingerprint density at radius 3 is 1.95 bits per heavy atom. The lowest BCUT2D eigenvalue weighted by atomic mass is 10.1. The van der Waals surface area contributed by atoms with Crippen LogP contribution in [0.3, 0.4) is 0 Å². The van der Waals surface area contributed by atoms with Crippen molar-refractivity contribution in [1.82, 2.24) is 4.90 Å². The highest BCUT2D eigenvalue weighted by Gasteiger charge is 2.03. The molecule has 2 heteroatoms. The molecule has 100 valence electrons. The molecule has 0 saturated carbocycles. The van der Waals surface area contributed by atoms with E-state index in [1.165, 1.54) is 16.7 Å². The highest BCUT2D eigenvalue weighted by molar-refractivity contribution is 5.24. The summed E-state index contributed by atoms with van der Waals surface area (Å²) in [6.45, 7) is 3.93. The Morgan fingerprint density at radius 1 is 0.895 bits per heavy atom. The van der Waals surface area contributed by atoms with Crippen LogP contribution in [0.1, 0.15) is 29.7 Å². The van der Waals surface area contributed by atoms with E-state index in [4.69, 9.17) is 5.73 Å². The molecule has 0 bridgehead atoms. The van der Waals surface area contributed by atoms with Crippen molar-refractivity contribution in [3.05, 3.63) is 71.3 Å². The molecule has 2 rings (SSSR count). The molecule has 0 aromatic heterocycles. The number of rotatable bonds is 5. The van der Waals surface area contributed by atoms with E-state index >= 15 is 0 Å². The Balaban J connectivity index is 1.93. The molecule has 2 N–H and O–H groups in total. The molecule has 0 aliphatic heterocycles. The fourth-order valence-electron chi connectivity index (χ4n) is 2.19. The zero-order valence-corrected chi connectivity index (χ0v) is 11.7. The second-order valence-electron chi connectivity index (χ2n) is 5.19. The van der Waals surface area contributed by atoms with E-state index in [1.54, 1.807) is 0 Å². The lowest BCUT2D eigenvalue weighted by molar-refractivity contribution is 0.319. The van der Waals surface area contributed by atoms with E-state index in [0.29, 0.717) is 0 Å². The Morgan fingerprint density at radius 2 is 1.42 bits per heavy atom. The van der Waals surface area contributed by atoms with Gasteiger partial charge >= 0.3 is 0 Å². The zero-order valence-electron chi connectivity index (χ0n) is 11.7. The smallest absolute Gasteiger partial charge is 0.0266 e. The van der Waals surface area contributed by atoms with Crippen LogP contribution in [0.5, 0.6) is 0 Å². The molecule has 1 unspecified atom stereocenters. The van der Waals surface area contributed by atoms with Gasteiger partial charge in [-0.15, -0.1) is 0 Å². The number of nitrogens with zero attached hydrogens (tertiary/aromatic N) is 1. The molecule has 19 heavy (non-hydrogen) atoms. The van der Waals surface area contributed by atoms with Crippen LogP contribution in [0.2, 0.25) is 0 Å². The van der Waals surface area contributed by atoms with Crippen molar-refractivity contribution < 1.29 is 0 Å². The van der Waals surface area contributed by atoms with Crippen LogP contribution in [0, 0.1) is 0 Å². The van der Waals surface area contributed by atoms with Gasteiger partial charge in [0.05, 0.1) is 0 Å². The molecular weight excluding hydrogens is 232 g/mol. The van der Waals surface area contributed by atoms with Crippen LogP contribution >= 0.6 is 0 Å². The van der Waals surface area contributed by atoms with Crippen molar-refractivity contribution in [3.8, 4) is 0 Å². The summed E-state index contributed by atoms with van der Waals surface area (Å²) in [5.41, 5.74) is 9.71. The third-order valence-corrected chi connectivity index (χ3v) is 3.25. The van der Waals surface area contributed by atoms with E-state index in [1.807, 2.05) is 6.92 Å². The van der Waals surface area contributed by atoms with Crippen LogP contribution in [0.25, 0.3) is 0 Å². The average Bonchev–Trinajstić information content (AvgIpc) is 2.40. The van der Waals surface area contributed by atoms with Gasteiger partial charge in [0.15, 0.2) is 0 Å². The summed E-state index contributed by atoms with van der Waals surface area (Å²) in [6.07, 6.45) is 0. The summed E-state index contributed by atoms with van der Waals surface area (Å²) in [5.74, 6) is 0. The monoisotopic (exact) mass is 254 g/mol. The van der Waals surface area contributed by atoms with Crippen LogP contribution in [-0.2, 0) is 13.1 Å². The van der Waals surface area contributed by atoms with Crippen LogP contribution < -0.4 is 5.73 Å². The molecule has 0 spiro atoms. The SMILES string of the molecule is CC(N)c1ccc(CN(C)Cc2ccccc2)cc1. The fraction of sp³-hybridized carbons (Fsp3) is 0.294. The molecule has 0 fully saturated rings. The maximum Gasteiger partial charge on any atom is 0.0266 e. The molecule has 0 aliphatic carbocycles. The summed E-state index contributed by atoms with van der Waals surface area (Å²) in [6, 6.07) is 19.2. The highest BCUT2D eigenvalue weighted by Crippen LogP contribution is 2.13. The molecule has 2 nitrogen and oxygen atoms in total. The number of hydrogen-bond donors (Lipinski definition) is 1. The minimum Gasteiger partial charge on any atom is -0.324 e. The van der Waals surface area contributed by atoms with Crippen molar-refractivity contribution in [2.45, 2.75) is 26.1 Å². The Hall–Kier alpha value is -1.64. The highest BCUT2D eigenvalue weighted by atomic mass is 15.1. The van der Waals surface area contributed by atoms with Gasteiger partial charge < -0.3 is 5.73 Å². The van der Waals surface area contributed by atoms with Gasteiger partial charge in [-0.1, -0.05) is 54.6 Å². The molecule has 0 amide bonds. The number of benzene rings is 2. The first-order valence-corrected chi connectivity index (χ1v) is 6.72. The molecule has 2 aromatic rings. The summed E-state index contributed by atoms with van der Waals surface area (Å²) in [7, 11) is 2.15. The van der Waals surface area contributed by atoms with Crippen molar-refractivity contribution in [1.29, 1.82) is 0 Å². The van der Waals surface area contributed by atoms with Gasteiger partial charge in [0.1, 0.15) is 0 Å². The minimum absolute atomic E-state index is 0.107. The van der Waals surface area contributed by atoms with Crippen molar-refractivity contribution in [3.63, 3.8) is 0 Å². The van der Waals surface area contributed by atoms with E-state index in [9.17, 15) is 0 Å². The maximum absolute atomic E-state index is 5.86. The lowest BCUT2D eigenvalue weighted by Crippen LogP contribution is -2.17. The molecule has 0 saturated heterocycles. The maximum atomic E-state index is 5.86. The summed E-state index contributed by atoms with van der Waals surface area (Å²) >= 11 is 0. The summed E-state index contributed by atoms with van der Waals surface area (Å²) < 4.78 is 0. The van der Waals surface area contributed by atoms with Gasteiger partial charge in [-0.05, 0) is 30.7 Å². The predicted octanol–water partition coefficient (Wildman–Crippen LogP) is 3.34. The molecular formula is C17H22N2. The molecule has 1 atom stereocenters. The number of nitrogens with two attached hydrogens (primary N) is 1. The Bertz CT molecular complexity index is 488. The van der Waals surface area contributed by atoms with Crippen molar-refractivity contribution >= 4 is 0 Å². The van der Waals surface area contributed by atoms with Crippen molar-refractivity contribution in [2.24, 2.45) is 5.73 Å². The molecule has 0 heterocycles. The van der Waals surface area contributed by atoms with Gasteiger partial charge in [0, 0.05) is 19.1 Å². The second kappa shape index (κ2) is 6.50. The Labute approximate surface area is 115 Å². The largest absolute Gasteiger partial charge is 0.324 e. The molecule has 2 aromatic carbocycles. The van der Waals surface area contributed by atoms with Gasteiger partial charge in [-0.25, -0.2) is 0 Å². The van der Waals surface area contributed by atoms with Gasteiger partial charge in [0.2, 0.25) is 0 Å². The van der Waals surface area contributed by atoms with Crippen LogP contribution in [-0.4, -0.2) is 11.9 Å². The summed E-state index contributed by atoms with van der Waals surface area (Å²) in [5, 5.41) is 0. The quantitative estimate of drug-likeness (QED) is 0.886. The first kappa shape index (κ1) is 13.8. The number of hydrogen-bond acceptors (Lipinski definition) is 2. The van der Waals surface area contributed by atoms with Gasteiger partial charge in [0.25, 0.3) is 0 Å². The van der Waals surface area contributed by atoms with Gasteiger partial charge in [-0.2, -0.15) is 0 Å². The van der Waals surface area contributed by atoms with Crippen LogP contribution in [0.4, 0.5) is 0 Å². The zero-order chi connectivity index (χ0) is 13.7. The van der Waals surface area contributed by atoms with E-state index < -0.39 is 0 Å². The average molecular weight is 254 g/mol. The lowest BCUT2D eigenvalue weighted by Gasteiger charge is -2.17.